The van der Waals surface area contributed by atoms with Crippen molar-refractivity contribution in [1.82, 2.24) is 9.78 Å². The molecule has 18 heavy (non-hydrogen) atoms. The molecule has 0 aliphatic carbocycles. The van der Waals surface area contributed by atoms with E-state index in [1.54, 1.807) is 4.68 Å². The lowest BCUT2D eigenvalue weighted by molar-refractivity contribution is -0.0503. The molecule has 0 amide bonds. The Morgan fingerprint density at radius 2 is 1.94 bits per heavy atom. The van der Waals surface area contributed by atoms with Gasteiger partial charge < -0.3 is 10.8 Å². The van der Waals surface area contributed by atoms with Crippen LogP contribution in [0.5, 0.6) is 0 Å². The molecule has 0 fully saturated rings. The van der Waals surface area contributed by atoms with Gasteiger partial charge >= 0.3 is 0 Å². The van der Waals surface area contributed by atoms with Gasteiger partial charge in [-0.1, -0.05) is 39.3 Å². The first kappa shape index (κ1) is 15.5. The third-order valence-electron chi connectivity index (χ3n) is 3.70. The van der Waals surface area contributed by atoms with E-state index in [0.29, 0.717) is 11.4 Å². The molecule has 4 nitrogen and oxygen atoms in total. The monoisotopic (exact) mass is 273 g/mol. The Kier molecular flexibility index (Phi) is 4.47. The summed E-state index contributed by atoms with van der Waals surface area (Å²) >= 11 is 6.31. The zero-order chi connectivity index (χ0) is 14.1. The highest BCUT2D eigenvalue weighted by Gasteiger charge is 2.40. The average molecular weight is 274 g/mol. The van der Waals surface area contributed by atoms with E-state index in [4.69, 9.17) is 17.3 Å². The number of aromatic nitrogens is 2. The van der Waals surface area contributed by atoms with Crippen molar-refractivity contribution in [3.05, 3.63) is 16.4 Å². The number of hydrogen-bond acceptors (Lipinski definition) is 3. The van der Waals surface area contributed by atoms with E-state index in [2.05, 4.69) is 5.10 Å². The van der Waals surface area contributed by atoms with E-state index in [0.717, 1.165) is 17.8 Å². The number of aliphatic hydroxyl groups is 1. The van der Waals surface area contributed by atoms with Crippen LogP contribution in [0.25, 0.3) is 0 Å². The number of halogens is 1. The van der Waals surface area contributed by atoms with Crippen molar-refractivity contribution < 1.29 is 5.11 Å². The van der Waals surface area contributed by atoms with Crippen LogP contribution in [0.15, 0.2) is 0 Å². The minimum atomic E-state index is -0.991. The van der Waals surface area contributed by atoms with Crippen LogP contribution in [-0.4, -0.2) is 27.0 Å². The summed E-state index contributed by atoms with van der Waals surface area (Å²) in [6.45, 7) is 8.14. The van der Waals surface area contributed by atoms with E-state index in [9.17, 15) is 5.11 Å². The van der Waals surface area contributed by atoms with Crippen molar-refractivity contribution >= 4 is 11.6 Å². The van der Waals surface area contributed by atoms with Crippen molar-refractivity contribution in [2.45, 2.75) is 46.1 Å². The van der Waals surface area contributed by atoms with E-state index in [-0.39, 0.29) is 12.0 Å². The Morgan fingerprint density at radius 1 is 1.39 bits per heavy atom. The lowest BCUT2D eigenvalue weighted by Crippen LogP contribution is -2.51. The highest BCUT2D eigenvalue weighted by atomic mass is 35.5. The van der Waals surface area contributed by atoms with E-state index in [1.807, 2.05) is 34.7 Å². The van der Waals surface area contributed by atoms with Crippen LogP contribution in [0.2, 0.25) is 5.02 Å². The molecular weight excluding hydrogens is 250 g/mol. The molecule has 0 saturated carbocycles. The highest BCUT2D eigenvalue weighted by molar-refractivity contribution is 6.31. The fraction of sp³-hybridized carbons (Fsp3) is 0.769. The zero-order valence-electron chi connectivity index (χ0n) is 11.9. The highest BCUT2D eigenvalue weighted by Crippen LogP contribution is 2.35. The van der Waals surface area contributed by atoms with Gasteiger partial charge in [-0.3, -0.25) is 4.68 Å². The second kappa shape index (κ2) is 5.19. The molecule has 1 heterocycles. The van der Waals surface area contributed by atoms with Gasteiger partial charge in [-0.05, 0) is 11.8 Å². The van der Waals surface area contributed by atoms with Crippen LogP contribution >= 0.6 is 11.6 Å². The molecule has 104 valence electrons. The van der Waals surface area contributed by atoms with Crippen LogP contribution in [-0.2, 0) is 19.9 Å². The van der Waals surface area contributed by atoms with E-state index in [1.165, 1.54) is 0 Å². The molecule has 0 spiro atoms. The summed E-state index contributed by atoms with van der Waals surface area (Å²) < 4.78 is 1.74. The maximum absolute atomic E-state index is 10.7. The van der Waals surface area contributed by atoms with Gasteiger partial charge in [-0.2, -0.15) is 5.10 Å². The quantitative estimate of drug-likeness (QED) is 0.881. The van der Waals surface area contributed by atoms with Gasteiger partial charge in [0.2, 0.25) is 0 Å². The number of nitrogens with two attached hydrogens (primary N) is 1. The normalized spacial score (nSPS) is 15.8. The number of rotatable bonds is 4. The maximum atomic E-state index is 10.7. The first-order chi connectivity index (χ1) is 8.16. The largest absolute Gasteiger partial charge is 0.388 e. The summed E-state index contributed by atoms with van der Waals surface area (Å²) in [7, 11) is 1.85. The molecule has 0 radical (unpaired) electrons. The topological polar surface area (TPSA) is 64.1 Å². The Hall–Kier alpha value is -0.580. The summed E-state index contributed by atoms with van der Waals surface area (Å²) in [6.07, 6.45) is 1.19. The van der Waals surface area contributed by atoms with Crippen LogP contribution in [0, 0.1) is 5.41 Å². The Morgan fingerprint density at radius 3 is 2.28 bits per heavy atom. The number of aryl methyl sites for hydroxylation is 2. The summed E-state index contributed by atoms with van der Waals surface area (Å²) in [5.74, 6) is 0. The maximum Gasteiger partial charge on any atom is 0.0872 e. The first-order valence-electron chi connectivity index (χ1n) is 6.29. The van der Waals surface area contributed by atoms with Gasteiger partial charge in [0.15, 0.2) is 0 Å². The molecule has 0 bridgehead atoms. The van der Waals surface area contributed by atoms with Crippen LogP contribution < -0.4 is 5.73 Å². The Labute approximate surface area is 114 Å². The van der Waals surface area contributed by atoms with Gasteiger partial charge in [0.25, 0.3) is 0 Å². The standard InChI is InChI=1S/C13H24ClN3O/c1-6-9-11(14)10(17(5)16-9)7-13(18,8-15)12(2,3)4/h18H,6-8,15H2,1-5H3. The fourth-order valence-corrected chi connectivity index (χ4v) is 2.29. The predicted octanol–water partition coefficient (Wildman–Crippen LogP) is 1.91. The molecule has 5 heteroatoms. The molecule has 0 aliphatic heterocycles. The van der Waals surface area contributed by atoms with Gasteiger partial charge in [0.05, 0.1) is 22.0 Å². The number of nitrogens with zero attached hydrogens (tertiary/aromatic N) is 2. The third-order valence-corrected chi connectivity index (χ3v) is 4.13. The average Bonchev–Trinajstić information content (AvgIpc) is 2.54. The van der Waals surface area contributed by atoms with Crippen LogP contribution in [0.3, 0.4) is 0 Å². The number of hydrogen-bond donors (Lipinski definition) is 2. The Balaban J connectivity index is 3.14. The zero-order valence-corrected chi connectivity index (χ0v) is 12.7. The van der Waals surface area contributed by atoms with Gasteiger partial charge in [-0.15, -0.1) is 0 Å². The van der Waals surface area contributed by atoms with Gasteiger partial charge in [-0.25, -0.2) is 0 Å². The lowest BCUT2D eigenvalue weighted by Gasteiger charge is -2.39. The third kappa shape index (κ3) is 2.71. The van der Waals surface area contributed by atoms with Gasteiger partial charge in [0, 0.05) is 20.0 Å². The molecule has 1 unspecified atom stereocenters. The summed E-state index contributed by atoms with van der Waals surface area (Å²) in [5, 5.41) is 15.7. The second-order valence-electron chi connectivity index (χ2n) is 5.85. The molecule has 0 aromatic carbocycles. The molecule has 1 atom stereocenters. The Bertz CT molecular complexity index is 423. The molecular formula is C13H24ClN3O. The summed E-state index contributed by atoms with van der Waals surface area (Å²) in [4.78, 5) is 0. The summed E-state index contributed by atoms with van der Waals surface area (Å²) in [6, 6.07) is 0. The minimum absolute atomic E-state index is 0.194. The molecule has 0 saturated heterocycles. The molecule has 3 N–H and O–H groups in total. The molecule has 1 aromatic heterocycles. The lowest BCUT2D eigenvalue weighted by atomic mass is 9.73. The molecule has 1 rings (SSSR count). The SMILES string of the molecule is CCc1nn(C)c(CC(O)(CN)C(C)(C)C)c1Cl. The van der Waals surface area contributed by atoms with Crippen molar-refractivity contribution in [2.24, 2.45) is 18.2 Å². The van der Waals surface area contributed by atoms with Gasteiger partial charge in [0.1, 0.15) is 0 Å². The van der Waals surface area contributed by atoms with Crippen molar-refractivity contribution in [3.63, 3.8) is 0 Å². The summed E-state index contributed by atoms with van der Waals surface area (Å²) in [5.41, 5.74) is 6.16. The van der Waals surface area contributed by atoms with Crippen molar-refractivity contribution in [1.29, 1.82) is 0 Å². The first-order valence-corrected chi connectivity index (χ1v) is 6.66. The fourth-order valence-electron chi connectivity index (χ4n) is 1.93. The van der Waals surface area contributed by atoms with Crippen molar-refractivity contribution in [2.75, 3.05) is 6.54 Å². The van der Waals surface area contributed by atoms with Crippen LogP contribution in [0.1, 0.15) is 39.1 Å². The predicted molar refractivity (Wildman–Crippen MR) is 74.8 cm³/mol. The van der Waals surface area contributed by atoms with E-state index >= 15 is 0 Å². The minimum Gasteiger partial charge on any atom is -0.388 e. The molecule has 0 aliphatic rings. The van der Waals surface area contributed by atoms with Crippen LogP contribution in [0.4, 0.5) is 0 Å². The molecule has 1 aromatic rings. The van der Waals surface area contributed by atoms with Crippen molar-refractivity contribution in [3.8, 4) is 0 Å². The second-order valence-corrected chi connectivity index (χ2v) is 6.22. The van der Waals surface area contributed by atoms with E-state index < -0.39 is 5.60 Å². The smallest absolute Gasteiger partial charge is 0.0872 e.